The molecule has 30 heavy (non-hydrogen) atoms. The van der Waals surface area contributed by atoms with Crippen LogP contribution in [-0.4, -0.2) is 41.0 Å². The van der Waals surface area contributed by atoms with Crippen molar-refractivity contribution in [2.75, 3.05) is 20.3 Å². The lowest BCUT2D eigenvalue weighted by atomic mass is 10.1. The first kappa shape index (κ1) is 20.6. The Kier molecular flexibility index (Phi) is 6.82. The van der Waals surface area contributed by atoms with Crippen LogP contribution in [0.25, 0.3) is 0 Å². The van der Waals surface area contributed by atoms with E-state index >= 15 is 0 Å². The first-order valence-electron chi connectivity index (χ1n) is 10.7. The van der Waals surface area contributed by atoms with Gasteiger partial charge in [0.05, 0.1) is 26.0 Å². The molecule has 1 fully saturated rings. The molecule has 5 nitrogen and oxygen atoms in total. The van der Waals surface area contributed by atoms with Gasteiger partial charge < -0.3 is 9.47 Å². The van der Waals surface area contributed by atoms with Crippen LogP contribution in [0.3, 0.4) is 0 Å². The average Bonchev–Trinajstić information content (AvgIpc) is 3.40. The Bertz CT molecular complexity index is 915. The van der Waals surface area contributed by atoms with Crippen LogP contribution in [0, 0.1) is 6.92 Å². The highest BCUT2D eigenvalue weighted by Gasteiger charge is 2.21. The zero-order valence-corrected chi connectivity index (χ0v) is 18.0. The lowest BCUT2D eigenvalue weighted by molar-refractivity contribution is 0.0678. The Balaban J connectivity index is 1.47. The maximum atomic E-state index is 5.93. The van der Waals surface area contributed by atoms with Crippen LogP contribution in [0.4, 0.5) is 0 Å². The zero-order valence-electron chi connectivity index (χ0n) is 18.0. The Morgan fingerprint density at radius 3 is 2.57 bits per heavy atom. The van der Waals surface area contributed by atoms with Gasteiger partial charge >= 0.3 is 0 Å². The minimum atomic E-state index is 0.322. The van der Waals surface area contributed by atoms with E-state index in [4.69, 9.17) is 9.47 Å². The van der Waals surface area contributed by atoms with E-state index in [0.29, 0.717) is 6.10 Å². The van der Waals surface area contributed by atoms with Crippen LogP contribution in [0.15, 0.2) is 60.8 Å². The van der Waals surface area contributed by atoms with Crippen molar-refractivity contribution >= 4 is 0 Å². The molecule has 1 aliphatic heterocycles. The quantitative estimate of drug-likeness (QED) is 0.528. The number of aromatic nitrogens is 2. The van der Waals surface area contributed by atoms with Gasteiger partial charge in [-0.25, -0.2) is 0 Å². The van der Waals surface area contributed by atoms with Gasteiger partial charge in [-0.2, -0.15) is 5.10 Å². The monoisotopic (exact) mass is 405 g/mol. The molecule has 5 heteroatoms. The van der Waals surface area contributed by atoms with Crippen molar-refractivity contribution in [2.24, 2.45) is 0 Å². The number of nitrogens with zero attached hydrogens (tertiary/aromatic N) is 3. The van der Waals surface area contributed by atoms with Gasteiger partial charge in [0.15, 0.2) is 0 Å². The normalized spacial score (nSPS) is 16.3. The predicted octanol–water partition coefficient (Wildman–Crippen LogP) is 4.43. The molecule has 0 aliphatic carbocycles. The molecule has 0 spiro atoms. The summed E-state index contributed by atoms with van der Waals surface area (Å²) in [5, 5.41) is 4.67. The van der Waals surface area contributed by atoms with Crippen LogP contribution in [0.1, 0.15) is 35.2 Å². The van der Waals surface area contributed by atoms with Crippen molar-refractivity contribution in [3.63, 3.8) is 0 Å². The Labute approximate surface area is 179 Å². The topological polar surface area (TPSA) is 39.5 Å². The second kappa shape index (κ2) is 9.92. The molecule has 1 aliphatic rings. The third-order valence-corrected chi connectivity index (χ3v) is 5.83. The Morgan fingerprint density at radius 2 is 1.87 bits per heavy atom. The number of benzene rings is 2. The maximum absolute atomic E-state index is 5.93. The molecule has 158 valence electrons. The summed E-state index contributed by atoms with van der Waals surface area (Å²) in [5.74, 6) is 0.891. The fraction of sp³-hybridized carbons (Fsp3) is 0.400. The third kappa shape index (κ3) is 5.29. The molecule has 0 bridgehead atoms. The lowest BCUT2D eigenvalue weighted by Crippen LogP contribution is -2.31. The summed E-state index contributed by atoms with van der Waals surface area (Å²) in [5.41, 5.74) is 5.05. The zero-order chi connectivity index (χ0) is 20.8. The van der Waals surface area contributed by atoms with Gasteiger partial charge in [-0.3, -0.25) is 9.58 Å². The van der Waals surface area contributed by atoms with Crippen molar-refractivity contribution < 1.29 is 9.47 Å². The summed E-state index contributed by atoms with van der Waals surface area (Å²) in [6.07, 6.45) is 4.65. The van der Waals surface area contributed by atoms with Gasteiger partial charge in [0.2, 0.25) is 0 Å². The van der Waals surface area contributed by atoms with E-state index in [1.165, 1.54) is 22.4 Å². The van der Waals surface area contributed by atoms with E-state index in [1.807, 2.05) is 24.4 Å². The fourth-order valence-electron chi connectivity index (χ4n) is 4.05. The number of ether oxygens (including phenoxy) is 2. The highest BCUT2D eigenvalue weighted by Crippen LogP contribution is 2.20. The van der Waals surface area contributed by atoms with Crippen molar-refractivity contribution in [3.05, 3.63) is 83.2 Å². The molecule has 1 saturated heterocycles. The predicted molar refractivity (Wildman–Crippen MR) is 119 cm³/mol. The summed E-state index contributed by atoms with van der Waals surface area (Å²) in [6.45, 7) is 6.55. The maximum Gasteiger partial charge on any atom is 0.118 e. The minimum Gasteiger partial charge on any atom is -0.497 e. The molecule has 1 atom stereocenters. The molecule has 2 heterocycles. The molecule has 0 saturated carbocycles. The van der Waals surface area contributed by atoms with E-state index < -0.39 is 0 Å². The van der Waals surface area contributed by atoms with E-state index in [-0.39, 0.29) is 0 Å². The SMILES string of the molecule is COc1ccc(CN(Cc2cnn(Cc3ccccc3)c2C)C[C@H]2CCCO2)cc1. The molecule has 1 aromatic heterocycles. The Morgan fingerprint density at radius 1 is 1.07 bits per heavy atom. The minimum absolute atomic E-state index is 0.322. The summed E-state index contributed by atoms with van der Waals surface area (Å²) in [6, 6.07) is 18.8. The molecule has 2 aromatic carbocycles. The number of rotatable bonds is 9. The highest BCUT2D eigenvalue weighted by molar-refractivity contribution is 5.27. The smallest absolute Gasteiger partial charge is 0.118 e. The molecule has 0 radical (unpaired) electrons. The van der Waals surface area contributed by atoms with Gasteiger partial charge in [-0.05, 0) is 43.0 Å². The molecule has 0 N–H and O–H groups in total. The van der Waals surface area contributed by atoms with Crippen molar-refractivity contribution in [1.82, 2.24) is 14.7 Å². The summed E-state index contributed by atoms with van der Waals surface area (Å²) in [4.78, 5) is 2.48. The lowest BCUT2D eigenvalue weighted by Gasteiger charge is -2.25. The standard InChI is InChI=1S/C25H31N3O2/c1-20-23(15-26-28(20)17-21-7-4-3-5-8-21)18-27(19-25-9-6-14-30-25)16-22-10-12-24(29-2)13-11-22/h3-5,7-8,10-13,15,25H,6,9,14,16-19H2,1-2H3/t25-/m1/s1. The second-order valence-electron chi connectivity index (χ2n) is 8.05. The largest absolute Gasteiger partial charge is 0.497 e. The summed E-state index contributed by atoms with van der Waals surface area (Å²) in [7, 11) is 1.70. The molecule has 0 unspecified atom stereocenters. The van der Waals surface area contributed by atoms with E-state index in [1.54, 1.807) is 7.11 Å². The first-order valence-corrected chi connectivity index (χ1v) is 10.7. The Hall–Kier alpha value is -2.63. The highest BCUT2D eigenvalue weighted by atomic mass is 16.5. The second-order valence-corrected chi connectivity index (χ2v) is 8.05. The number of hydrogen-bond acceptors (Lipinski definition) is 4. The van der Waals surface area contributed by atoms with Gasteiger partial charge in [-0.15, -0.1) is 0 Å². The summed E-state index contributed by atoms with van der Waals surface area (Å²) >= 11 is 0. The van der Waals surface area contributed by atoms with E-state index in [9.17, 15) is 0 Å². The third-order valence-electron chi connectivity index (χ3n) is 5.83. The van der Waals surface area contributed by atoms with Crippen LogP contribution >= 0.6 is 0 Å². The molecular weight excluding hydrogens is 374 g/mol. The molecule has 4 rings (SSSR count). The number of methoxy groups -OCH3 is 1. The van der Waals surface area contributed by atoms with Gasteiger partial charge in [0.1, 0.15) is 5.75 Å². The molecular formula is C25H31N3O2. The van der Waals surface area contributed by atoms with Crippen LogP contribution < -0.4 is 4.74 Å². The van der Waals surface area contributed by atoms with Crippen LogP contribution in [0.2, 0.25) is 0 Å². The first-order chi connectivity index (χ1) is 14.7. The van der Waals surface area contributed by atoms with Crippen molar-refractivity contribution in [1.29, 1.82) is 0 Å². The molecule has 3 aromatic rings. The van der Waals surface area contributed by atoms with Gasteiger partial charge in [-0.1, -0.05) is 42.5 Å². The van der Waals surface area contributed by atoms with E-state index in [2.05, 4.69) is 58.0 Å². The fourth-order valence-corrected chi connectivity index (χ4v) is 4.05. The molecule has 0 amide bonds. The van der Waals surface area contributed by atoms with Gasteiger partial charge in [0, 0.05) is 37.5 Å². The van der Waals surface area contributed by atoms with Crippen molar-refractivity contribution in [2.45, 2.75) is 45.5 Å². The van der Waals surface area contributed by atoms with Gasteiger partial charge in [0.25, 0.3) is 0 Å². The van der Waals surface area contributed by atoms with Crippen LogP contribution in [-0.2, 0) is 24.4 Å². The van der Waals surface area contributed by atoms with Crippen molar-refractivity contribution in [3.8, 4) is 5.75 Å². The average molecular weight is 406 g/mol. The number of hydrogen-bond donors (Lipinski definition) is 0. The summed E-state index contributed by atoms with van der Waals surface area (Å²) < 4.78 is 13.3. The van der Waals surface area contributed by atoms with Crippen LogP contribution in [0.5, 0.6) is 5.75 Å². The van der Waals surface area contributed by atoms with E-state index in [0.717, 1.165) is 51.4 Å².